The van der Waals surface area contributed by atoms with Gasteiger partial charge in [-0.25, -0.2) is 5.43 Å². The molecule has 0 spiro atoms. The van der Waals surface area contributed by atoms with Crippen LogP contribution in [0.4, 0.5) is 5.69 Å². The number of carbonyl (C=O) groups excluding carboxylic acids is 1. The first-order valence-electron chi connectivity index (χ1n) is 10.5. The molecule has 1 aliphatic rings. The smallest absolute Gasteiger partial charge is 0.307 e. The quantitative estimate of drug-likeness (QED) is 0.468. The van der Waals surface area contributed by atoms with Gasteiger partial charge in [-0.05, 0) is 80.6 Å². The fourth-order valence-corrected chi connectivity index (χ4v) is 3.76. The van der Waals surface area contributed by atoms with Crippen LogP contribution in [-0.4, -0.2) is 31.8 Å². The number of nitrogens with one attached hydrogen (secondary N) is 1. The lowest BCUT2D eigenvalue weighted by molar-refractivity contribution is 0.0929. The minimum atomic E-state index is -0.386. The Balaban J connectivity index is 1.41. The van der Waals surface area contributed by atoms with Crippen LogP contribution in [0.1, 0.15) is 47.9 Å². The van der Waals surface area contributed by atoms with Gasteiger partial charge in [0.05, 0.1) is 12.8 Å². The van der Waals surface area contributed by atoms with Gasteiger partial charge in [0.1, 0.15) is 11.3 Å². The zero-order valence-electron chi connectivity index (χ0n) is 17.5. The van der Waals surface area contributed by atoms with Crippen molar-refractivity contribution in [1.29, 1.82) is 0 Å². The molecule has 2 aromatic carbocycles. The fraction of sp³-hybridized carbons (Fsp3) is 0.333. The Labute approximate surface area is 176 Å². The first-order valence-corrected chi connectivity index (χ1v) is 10.5. The molecule has 0 bridgehead atoms. The van der Waals surface area contributed by atoms with Gasteiger partial charge in [-0.1, -0.05) is 6.07 Å². The summed E-state index contributed by atoms with van der Waals surface area (Å²) in [6.07, 6.45) is 5.49. The summed E-state index contributed by atoms with van der Waals surface area (Å²) >= 11 is 0. The molecule has 6 nitrogen and oxygen atoms in total. The number of fused-ring (bicyclic) bond motifs is 1. The minimum absolute atomic E-state index is 0.216. The van der Waals surface area contributed by atoms with Crippen LogP contribution in [0.2, 0.25) is 0 Å². The van der Waals surface area contributed by atoms with Gasteiger partial charge in [0, 0.05) is 24.2 Å². The number of hydrazone groups is 1. The Morgan fingerprint density at radius 2 is 2.00 bits per heavy atom. The van der Waals surface area contributed by atoms with Crippen molar-refractivity contribution in [3.8, 4) is 5.75 Å². The molecule has 156 valence electrons. The molecule has 2 heterocycles. The lowest BCUT2D eigenvalue weighted by Crippen LogP contribution is -2.29. The molecule has 1 amide bonds. The van der Waals surface area contributed by atoms with E-state index in [1.165, 1.54) is 24.9 Å². The van der Waals surface area contributed by atoms with E-state index in [2.05, 4.69) is 34.5 Å². The van der Waals surface area contributed by atoms with Gasteiger partial charge in [0.15, 0.2) is 5.76 Å². The molecule has 0 atom stereocenters. The largest absolute Gasteiger partial charge is 0.494 e. The molecule has 1 saturated heterocycles. The maximum Gasteiger partial charge on any atom is 0.307 e. The number of amides is 1. The average Bonchev–Trinajstić information content (AvgIpc) is 3.19. The van der Waals surface area contributed by atoms with Crippen LogP contribution in [0.3, 0.4) is 0 Å². The number of piperidine rings is 1. The summed E-state index contributed by atoms with van der Waals surface area (Å²) in [4.78, 5) is 14.8. The summed E-state index contributed by atoms with van der Waals surface area (Å²) in [6, 6.07) is 13.5. The lowest BCUT2D eigenvalue weighted by Gasteiger charge is -2.29. The van der Waals surface area contributed by atoms with Crippen LogP contribution in [0, 0.1) is 6.92 Å². The third-order valence-corrected chi connectivity index (χ3v) is 5.37. The molecule has 1 N–H and O–H groups in total. The maximum absolute atomic E-state index is 12.4. The molecular weight excluding hydrogens is 378 g/mol. The van der Waals surface area contributed by atoms with E-state index in [1.54, 1.807) is 18.3 Å². The Morgan fingerprint density at radius 1 is 1.17 bits per heavy atom. The average molecular weight is 405 g/mol. The monoisotopic (exact) mass is 405 g/mol. The zero-order valence-corrected chi connectivity index (χ0v) is 17.5. The van der Waals surface area contributed by atoms with Crippen LogP contribution in [0.15, 0.2) is 52.0 Å². The highest BCUT2D eigenvalue weighted by molar-refractivity contribution is 5.97. The van der Waals surface area contributed by atoms with Crippen molar-refractivity contribution in [2.75, 3.05) is 24.6 Å². The third-order valence-electron chi connectivity index (χ3n) is 5.37. The van der Waals surface area contributed by atoms with Crippen LogP contribution in [-0.2, 0) is 0 Å². The van der Waals surface area contributed by atoms with E-state index in [4.69, 9.17) is 9.15 Å². The highest BCUT2D eigenvalue weighted by atomic mass is 16.5. The maximum atomic E-state index is 12.4. The standard InChI is InChI=1S/C24H27N3O3/c1-3-29-21-9-10-22-19(14-21)15-23(30-22)24(28)26-25-16-18-7-8-20(13-17(18)2)27-11-5-4-6-12-27/h7-10,13-16H,3-6,11-12H2,1-2H3,(H,26,28)/b25-16+. The first kappa shape index (κ1) is 20.0. The second kappa shape index (κ2) is 9.03. The first-order chi connectivity index (χ1) is 14.6. The van der Waals surface area contributed by atoms with Crippen molar-refractivity contribution in [3.63, 3.8) is 0 Å². The number of carbonyl (C=O) groups is 1. The van der Waals surface area contributed by atoms with E-state index in [0.29, 0.717) is 12.2 Å². The zero-order chi connectivity index (χ0) is 20.9. The number of furan rings is 1. The van der Waals surface area contributed by atoms with Crippen molar-refractivity contribution < 1.29 is 13.9 Å². The van der Waals surface area contributed by atoms with Crippen LogP contribution in [0.5, 0.6) is 5.75 Å². The van der Waals surface area contributed by atoms with Gasteiger partial charge in [0.25, 0.3) is 0 Å². The molecule has 0 aliphatic carbocycles. The third kappa shape index (κ3) is 4.48. The van der Waals surface area contributed by atoms with E-state index in [1.807, 2.05) is 25.1 Å². The summed E-state index contributed by atoms with van der Waals surface area (Å²) in [5, 5.41) is 4.93. The second-order valence-electron chi connectivity index (χ2n) is 7.53. The van der Waals surface area contributed by atoms with Crippen molar-refractivity contribution in [1.82, 2.24) is 5.43 Å². The predicted octanol–water partition coefficient (Wildman–Crippen LogP) is 4.89. The molecule has 30 heavy (non-hydrogen) atoms. The molecule has 4 rings (SSSR count). The molecule has 0 radical (unpaired) electrons. The summed E-state index contributed by atoms with van der Waals surface area (Å²) in [5.41, 5.74) is 6.54. The molecular formula is C24H27N3O3. The van der Waals surface area contributed by atoms with Crippen molar-refractivity contribution in [3.05, 3.63) is 59.4 Å². The van der Waals surface area contributed by atoms with Gasteiger partial charge in [-0.15, -0.1) is 0 Å². The van der Waals surface area contributed by atoms with E-state index in [0.717, 1.165) is 35.4 Å². The van der Waals surface area contributed by atoms with Crippen LogP contribution < -0.4 is 15.1 Å². The summed E-state index contributed by atoms with van der Waals surface area (Å²) < 4.78 is 11.1. The minimum Gasteiger partial charge on any atom is -0.494 e. The molecule has 1 aliphatic heterocycles. The summed E-state index contributed by atoms with van der Waals surface area (Å²) in [7, 11) is 0. The number of anilines is 1. The van der Waals surface area contributed by atoms with Gasteiger partial charge in [-0.2, -0.15) is 5.10 Å². The second-order valence-corrected chi connectivity index (χ2v) is 7.53. The number of hydrogen-bond donors (Lipinski definition) is 1. The summed E-state index contributed by atoms with van der Waals surface area (Å²) in [5.74, 6) is 0.579. The highest BCUT2D eigenvalue weighted by Crippen LogP contribution is 2.25. The molecule has 3 aromatic rings. The number of benzene rings is 2. The van der Waals surface area contributed by atoms with Crippen LogP contribution >= 0.6 is 0 Å². The Bertz CT molecular complexity index is 1060. The van der Waals surface area contributed by atoms with E-state index < -0.39 is 0 Å². The van der Waals surface area contributed by atoms with Crippen molar-refractivity contribution in [2.45, 2.75) is 33.1 Å². The highest BCUT2D eigenvalue weighted by Gasteiger charge is 2.13. The van der Waals surface area contributed by atoms with Crippen molar-refractivity contribution in [2.24, 2.45) is 5.10 Å². The van der Waals surface area contributed by atoms with Crippen LogP contribution in [0.25, 0.3) is 11.0 Å². The number of hydrogen-bond acceptors (Lipinski definition) is 5. The lowest BCUT2D eigenvalue weighted by atomic mass is 10.1. The Kier molecular flexibility index (Phi) is 6.02. The summed E-state index contributed by atoms with van der Waals surface area (Å²) in [6.45, 7) is 6.81. The van der Waals surface area contributed by atoms with Crippen molar-refractivity contribution >= 4 is 28.8 Å². The number of aryl methyl sites for hydroxylation is 1. The molecule has 6 heteroatoms. The SMILES string of the molecule is CCOc1ccc2oc(C(=O)N/N=C/c3ccc(N4CCCCC4)cc3C)cc2c1. The molecule has 1 fully saturated rings. The molecule has 1 aromatic heterocycles. The van der Waals surface area contributed by atoms with Gasteiger partial charge < -0.3 is 14.1 Å². The Hall–Kier alpha value is -3.28. The number of rotatable bonds is 6. The normalized spacial score (nSPS) is 14.4. The fourth-order valence-electron chi connectivity index (χ4n) is 3.76. The molecule has 0 saturated carbocycles. The topological polar surface area (TPSA) is 67.1 Å². The van der Waals surface area contributed by atoms with Gasteiger partial charge in [0.2, 0.25) is 0 Å². The van der Waals surface area contributed by atoms with E-state index in [9.17, 15) is 4.79 Å². The van der Waals surface area contributed by atoms with Gasteiger partial charge in [-0.3, -0.25) is 4.79 Å². The van der Waals surface area contributed by atoms with Gasteiger partial charge >= 0.3 is 5.91 Å². The number of nitrogens with zero attached hydrogens (tertiary/aromatic N) is 2. The predicted molar refractivity (Wildman–Crippen MR) is 120 cm³/mol. The number of ether oxygens (including phenoxy) is 1. The van der Waals surface area contributed by atoms with E-state index >= 15 is 0 Å². The van der Waals surface area contributed by atoms with E-state index in [-0.39, 0.29) is 11.7 Å². The Morgan fingerprint density at radius 3 is 2.77 bits per heavy atom. The molecule has 0 unspecified atom stereocenters.